The standard InChI is InChI=1S/C19H22ClN5O/c1-2-7-25-17(23-16-10-14(20)5-6-15(16)18(25)26)13-11-21-19(22-12-13)24-8-3-4-9-24/h5-6,10-12,17,23H,2-4,7-9H2,1H3/t17-/m1/s1. The van der Waals surface area contributed by atoms with E-state index in [1.54, 1.807) is 18.2 Å². The number of amides is 1. The maximum absolute atomic E-state index is 13.0. The Labute approximate surface area is 158 Å². The van der Waals surface area contributed by atoms with Gasteiger partial charge in [0.1, 0.15) is 6.17 Å². The molecule has 1 aromatic carbocycles. The molecule has 2 aromatic rings. The molecule has 0 radical (unpaired) electrons. The average molecular weight is 372 g/mol. The number of carbonyl (C=O) groups is 1. The molecule has 1 N–H and O–H groups in total. The Bertz CT molecular complexity index is 804. The number of anilines is 2. The fourth-order valence-corrected chi connectivity index (χ4v) is 3.78. The van der Waals surface area contributed by atoms with Gasteiger partial charge in [-0.15, -0.1) is 0 Å². The van der Waals surface area contributed by atoms with Crippen LogP contribution in [0.1, 0.15) is 48.3 Å². The number of rotatable bonds is 4. The molecule has 2 aliphatic heterocycles. The number of carbonyl (C=O) groups excluding carboxylic acids is 1. The lowest BCUT2D eigenvalue weighted by atomic mass is 10.0. The minimum Gasteiger partial charge on any atom is -0.361 e. The highest BCUT2D eigenvalue weighted by Crippen LogP contribution is 2.34. The Kier molecular flexibility index (Phi) is 4.68. The second-order valence-corrected chi connectivity index (χ2v) is 7.18. The van der Waals surface area contributed by atoms with Gasteiger partial charge >= 0.3 is 0 Å². The number of fused-ring (bicyclic) bond motifs is 1. The smallest absolute Gasteiger partial charge is 0.257 e. The first kappa shape index (κ1) is 17.1. The summed E-state index contributed by atoms with van der Waals surface area (Å²) in [6, 6.07) is 5.32. The van der Waals surface area contributed by atoms with E-state index in [9.17, 15) is 4.79 Å². The van der Waals surface area contributed by atoms with Gasteiger partial charge in [-0.05, 0) is 37.5 Å². The minimum atomic E-state index is -0.291. The van der Waals surface area contributed by atoms with Crippen molar-refractivity contribution in [3.63, 3.8) is 0 Å². The molecule has 1 fully saturated rings. The summed E-state index contributed by atoms with van der Waals surface area (Å²) >= 11 is 6.11. The van der Waals surface area contributed by atoms with Crippen molar-refractivity contribution in [1.29, 1.82) is 0 Å². The first-order chi connectivity index (χ1) is 12.7. The fourth-order valence-electron chi connectivity index (χ4n) is 3.61. The molecule has 0 unspecified atom stereocenters. The highest BCUT2D eigenvalue weighted by molar-refractivity contribution is 6.31. The molecule has 136 valence electrons. The van der Waals surface area contributed by atoms with Crippen molar-refractivity contribution in [2.45, 2.75) is 32.4 Å². The number of hydrogen-bond donors (Lipinski definition) is 1. The molecule has 7 heteroatoms. The van der Waals surface area contributed by atoms with Gasteiger partial charge in [-0.1, -0.05) is 18.5 Å². The second kappa shape index (κ2) is 7.11. The van der Waals surface area contributed by atoms with E-state index in [1.807, 2.05) is 17.3 Å². The van der Waals surface area contributed by atoms with Crippen LogP contribution in [0.2, 0.25) is 5.02 Å². The van der Waals surface area contributed by atoms with Crippen LogP contribution in [-0.4, -0.2) is 40.4 Å². The molecule has 6 nitrogen and oxygen atoms in total. The van der Waals surface area contributed by atoms with E-state index in [-0.39, 0.29) is 12.1 Å². The Hall–Kier alpha value is -2.34. The quantitative estimate of drug-likeness (QED) is 0.887. The SMILES string of the molecule is CCCN1C(=O)c2ccc(Cl)cc2N[C@H]1c1cnc(N2CCCC2)nc1. The first-order valence-corrected chi connectivity index (χ1v) is 9.49. The molecule has 1 aromatic heterocycles. The van der Waals surface area contributed by atoms with Crippen molar-refractivity contribution < 1.29 is 4.79 Å². The Morgan fingerprint density at radius 1 is 1.23 bits per heavy atom. The van der Waals surface area contributed by atoms with E-state index in [4.69, 9.17) is 11.6 Å². The maximum Gasteiger partial charge on any atom is 0.257 e. The van der Waals surface area contributed by atoms with Crippen LogP contribution in [0.5, 0.6) is 0 Å². The molecule has 2 aliphatic rings. The number of hydrogen-bond acceptors (Lipinski definition) is 5. The van der Waals surface area contributed by atoms with Crippen LogP contribution < -0.4 is 10.2 Å². The van der Waals surface area contributed by atoms with Gasteiger partial charge in [-0.25, -0.2) is 9.97 Å². The summed E-state index contributed by atoms with van der Waals surface area (Å²) in [6.45, 7) is 4.74. The summed E-state index contributed by atoms with van der Waals surface area (Å²) in [7, 11) is 0. The summed E-state index contributed by atoms with van der Waals surface area (Å²) in [5.74, 6) is 0.768. The molecule has 4 rings (SSSR count). The van der Waals surface area contributed by atoms with Crippen LogP contribution in [0.25, 0.3) is 0 Å². The topological polar surface area (TPSA) is 61.4 Å². The van der Waals surface area contributed by atoms with Crippen molar-refractivity contribution in [3.05, 3.63) is 46.7 Å². The molecule has 1 amide bonds. The Morgan fingerprint density at radius 3 is 2.65 bits per heavy atom. The molecule has 0 saturated carbocycles. The number of halogens is 1. The number of benzene rings is 1. The highest BCUT2D eigenvalue weighted by Gasteiger charge is 2.33. The van der Waals surface area contributed by atoms with E-state index < -0.39 is 0 Å². The van der Waals surface area contributed by atoms with Crippen molar-refractivity contribution in [2.24, 2.45) is 0 Å². The predicted molar refractivity (Wildman–Crippen MR) is 103 cm³/mol. The molecule has 0 spiro atoms. The van der Waals surface area contributed by atoms with E-state index in [2.05, 4.69) is 27.1 Å². The molecule has 1 saturated heterocycles. The molecular weight excluding hydrogens is 350 g/mol. The van der Waals surface area contributed by atoms with Crippen LogP contribution in [0.3, 0.4) is 0 Å². The monoisotopic (exact) mass is 371 g/mol. The lowest BCUT2D eigenvalue weighted by Crippen LogP contribution is -2.43. The van der Waals surface area contributed by atoms with Gasteiger partial charge in [0.05, 0.1) is 11.3 Å². The van der Waals surface area contributed by atoms with Gasteiger partial charge in [-0.2, -0.15) is 0 Å². The normalized spacial score (nSPS) is 19.5. The predicted octanol–water partition coefficient (Wildman–Crippen LogP) is 3.71. The zero-order chi connectivity index (χ0) is 18.1. The summed E-state index contributed by atoms with van der Waals surface area (Å²) in [6.07, 6.45) is 6.60. The number of nitrogens with zero attached hydrogens (tertiary/aromatic N) is 4. The van der Waals surface area contributed by atoms with Crippen molar-refractivity contribution in [2.75, 3.05) is 29.9 Å². The van der Waals surface area contributed by atoms with Crippen molar-refractivity contribution in [3.8, 4) is 0 Å². The minimum absolute atomic E-state index is 0.00545. The first-order valence-electron chi connectivity index (χ1n) is 9.11. The van der Waals surface area contributed by atoms with Crippen LogP contribution >= 0.6 is 11.6 Å². The molecule has 0 aliphatic carbocycles. The highest BCUT2D eigenvalue weighted by atomic mass is 35.5. The summed E-state index contributed by atoms with van der Waals surface area (Å²) < 4.78 is 0. The van der Waals surface area contributed by atoms with Crippen LogP contribution in [-0.2, 0) is 0 Å². The average Bonchev–Trinajstić information content (AvgIpc) is 3.19. The summed E-state index contributed by atoms with van der Waals surface area (Å²) in [5, 5.41) is 4.04. The number of nitrogens with one attached hydrogen (secondary N) is 1. The summed E-state index contributed by atoms with van der Waals surface area (Å²) in [5.41, 5.74) is 2.28. The molecule has 3 heterocycles. The van der Waals surface area contributed by atoms with E-state index >= 15 is 0 Å². The maximum atomic E-state index is 13.0. The van der Waals surface area contributed by atoms with Gasteiger partial charge in [0.2, 0.25) is 5.95 Å². The lowest BCUT2D eigenvalue weighted by molar-refractivity contribution is 0.0683. The zero-order valence-electron chi connectivity index (χ0n) is 14.8. The zero-order valence-corrected chi connectivity index (χ0v) is 15.5. The molecule has 0 bridgehead atoms. The lowest BCUT2D eigenvalue weighted by Gasteiger charge is -2.37. The number of aromatic nitrogens is 2. The van der Waals surface area contributed by atoms with Gasteiger partial charge in [-0.3, -0.25) is 4.79 Å². The third-order valence-electron chi connectivity index (χ3n) is 4.90. The fraction of sp³-hybridized carbons (Fsp3) is 0.421. The van der Waals surface area contributed by atoms with Crippen molar-refractivity contribution >= 4 is 29.1 Å². The third kappa shape index (κ3) is 3.09. The van der Waals surface area contributed by atoms with Gasteiger partial charge in [0.25, 0.3) is 5.91 Å². The summed E-state index contributed by atoms with van der Waals surface area (Å²) in [4.78, 5) is 26.1. The van der Waals surface area contributed by atoms with Gasteiger partial charge < -0.3 is 15.1 Å². The van der Waals surface area contributed by atoms with Crippen LogP contribution in [0.4, 0.5) is 11.6 Å². The van der Waals surface area contributed by atoms with E-state index in [1.165, 1.54) is 12.8 Å². The third-order valence-corrected chi connectivity index (χ3v) is 5.14. The van der Waals surface area contributed by atoms with Crippen LogP contribution in [0.15, 0.2) is 30.6 Å². The van der Waals surface area contributed by atoms with Crippen molar-refractivity contribution in [1.82, 2.24) is 14.9 Å². The molecule has 26 heavy (non-hydrogen) atoms. The Morgan fingerprint density at radius 2 is 1.96 bits per heavy atom. The van der Waals surface area contributed by atoms with Gasteiger partial charge in [0, 0.05) is 42.6 Å². The van der Waals surface area contributed by atoms with E-state index in [0.717, 1.165) is 36.7 Å². The van der Waals surface area contributed by atoms with Gasteiger partial charge in [0.15, 0.2) is 0 Å². The van der Waals surface area contributed by atoms with Crippen LogP contribution in [0, 0.1) is 0 Å². The van der Waals surface area contributed by atoms with E-state index in [0.29, 0.717) is 17.1 Å². The molecular formula is C19H22ClN5O. The largest absolute Gasteiger partial charge is 0.361 e. The molecule has 1 atom stereocenters. The Balaban J connectivity index is 1.65. The second-order valence-electron chi connectivity index (χ2n) is 6.75.